The topological polar surface area (TPSA) is 89.6 Å². The van der Waals surface area contributed by atoms with Crippen LogP contribution in [0.3, 0.4) is 0 Å². The van der Waals surface area contributed by atoms with E-state index in [1.807, 2.05) is 20.8 Å². The zero-order valence-electron chi connectivity index (χ0n) is 17.7. The molecule has 5 rings (SSSR count). The smallest absolute Gasteiger partial charge is 0.284 e. The molecular formula is C20H22ClF2N7O2. The molecule has 0 radical (unpaired) electrons. The lowest BCUT2D eigenvalue weighted by Crippen LogP contribution is -2.37. The van der Waals surface area contributed by atoms with Gasteiger partial charge in [-0.25, -0.2) is 18.3 Å². The molecule has 1 amide bonds. The van der Waals surface area contributed by atoms with E-state index in [4.69, 9.17) is 16.3 Å². The lowest BCUT2D eigenvalue weighted by Gasteiger charge is -2.28. The first-order valence-electron chi connectivity index (χ1n) is 10.2. The largest absolute Gasteiger partial charge is 0.374 e. The highest BCUT2D eigenvalue weighted by atomic mass is 35.5. The number of amides is 1. The van der Waals surface area contributed by atoms with Crippen LogP contribution in [0.1, 0.15) is 49.7 Å². The van der Waals surface area contributed by atoms with Gasteiger partial charge in [-0.1, -0.05) is 11.6 Å². The van der Waals surface area contributed by atoms with Crippen LogP contribution in [-0.2, 0) is 10.3 Å². The molecule has 5 heterocycles. The second-order valence-electron chi connectivity index (χ2n) is 9.03. The highest BCUT2D eigenvalue weighted by Gasteiger charge is 2.40. The number of alkyl halides is 2. The third-order valence-electron chi connectivity index (χ3n) is 5.73. The van der Waals surface area contributed by atoms with E-state index in [1.165, 1.54) is 21.6 Å². The summed E-state index contributed by atoms with van der Waals surface area (Å²) in [6, 6.07) is 0.185. The van der Waals surface area contributed by atoms with Crippen molar-refractivity contribution in [3.63, 3.8) is 0 Å². The zero-order chi connectivity index (χ0) is 22.8. The van der Waals surface area contributed by atoms with E-state index in [-0.39, 0.29) is 29.0 Å². The van der Waals surface area contributed by atoms with Gasteiger partial charge in [0, 0.05) is 12.7 Å². The standard InChI is InChI=1S/C20H22ClF2N7O2/c1-20(2,3)30-8-14(15(27-30)16(22)23)25-19(31)12-5-24-29-7-13(21)18(26-17(12)29)28-6-11-4-10(28)9-32-11/h5,7-8,10-11,16H,4,6,9H2,1-3H3,(H,25,31)/t10-,11-/m1/s1. The van der Waals surface area contributed by atoms with E-state index < -0.39 is 23.6 Å². The number of carbonyl (C=O) groups excluding carboxylic acids is 1. The second kappa shape index (κ2) is 7.38. The van der Waals surface area contributed by atoms with Crippen LogP contribution in [0.4, 0.5) is 20.3 Å². The summed E-state index contributed by atoms with van der Waals surface area (Å²) < 4.78 is 35.5. The van der Waals surface area contributed by atoms with E-state index >= 15 is 0 Å². The van der Waals surface area contributed by atoms with Gasteiger partial charge in [0.2, 0.25) is 0 Å². The van der Waals surface area contributed by atoms with Crippen molar-refractivity contribution in [3.8, 4) is 0 Å². The quantitative estimate of drug-likeness (QED) is 0.634. The highest BCUT2D eigenvalue weighted by molar-refractivity contribution is 6.33. The maximum atomic E-state index is 13.5. The van der Waals surface area contributed by atoms with Crippen molar-refractivity contribution in [3.05, 3.63) is 34.9 Å². The number of anilines is 2. The molecule has 3 aromatic heterocycles. The lowest BCUT2D eigenvalue weighted by molar-refractivity contribution is 0.0988. The first kappa shape index (κ1) is 21.1. The average molecular weight is 466 g/mol. The predicted octanol–water partition coefficient (Wildman–Crippen LogP) is 3.50. The van der Waals surface area contributed by atoms with Crippen LogP contribution in [-0.4, -0.2) is 55.6 Å². The highest BCUT2D eigenvalue weighted by Crippen LogP contribution is 2.36. The summed E-state index contributed by atoms with van der Waals surface area (Å²) in [6.45, 7) is 6.77. The molecule has 2 fully saturated rings. The van der Waals surface area contributed by atoms with E-state index in [1.54, 1.807) is 6.20 Å². The van der Waals surface area contributed by atoms with E-state index in [9.17, 15) is 13.6 Å². The molecular weight excluding hydrogens is 444 g/mol. The van der Waals surface area contributed by atoms with Crippen molar-refractivity contribution in [2.24, 2.45) is 0 Å². The summed E-state index contributed by atoms with van der Waals surface area (Å²) in [4.78, 5) is 19.7. The maximum Gasteiger partial charge on any atom is 0.284 e. The SMILES string of the molecule is CC(C)(C)n1cc(NC(=O)c2cnn3cc(Cl)c(N4C[C@H]5C[C@@H]4CO5)nc23)c(C(F)F)n1. The number of fused-ring (bicyclic) bond motifs is 3. The Kier molecular flexibility index (Phi) is 4.86. The summed E-state index contributed by atoms with van der Waals surface area (Å²) in [5.41, 5.74) is -0.639. The number of nitrogens with one attached hydrogen (secondary N) is 1. The Balaban J connectivity index is 1.48. The summed E-state index contributed by atoms with van der Waals surface area (Å²) in [7, 11) is 0. The minimum atomic E-state index is -2.84. The van der Waals surface area contributed by atoms with Crippen molar-refractivity contribution in [2.75, 3.05) is 23.4 Å². The van der Waals surface area contributed by atoms with Gasteiger partial charge in [0.1, 0.15) is 10.6 Å². The van der Waals surface area contributed by atoms with Crippen LogP contribution < -0.4 is 10.2 Å². The van der Waals surface area contributed by atoms with E-state index in [0.717, 1.165) is 6.42 Å². The number of morpholine rings is 1. The number of aromatic nitrogens is 5. The molecule has 1 N–H and O–H groups in total. The molecule has 2 bridgehead atoms. The van der Waals surface area contributed by atoms with Gasteiger partial charge in [-0.15, -0.1) is 0 Å². The van der Waals surface area contributed by atoms with Gasteiger partial charge in [-0.05, 0) is 27.2 Å². The molecule has 32 heavy (non-hydrogen) atoms. The van der Waals surface area contributed by atoms with E-state index in [2.05, 4.69) is 25.4 Å². The Morgan fingerprint density at radius 2 is 2.12 bits per heavy atom. The van der Waals surface area contributed by atoms with Gasteiger partial charge in [0.15, 0.2) is 17.2 Å². The summed E-state index contributed by atoms with van der Waals surface area (Å²) in [5.74, 6) is -0.0549. The number of rotatable bonds is 4. The Hall–Kier alpha value is -2.79. The van der Waals surface area contributed by atoms with Gasteiger partial charge < -0.3 is 15.0 Å². The molecule has 2 saturated heterocycles. The summed E-state index contributed by atoms with van der Waals surface area (Å²) in [6.07, 6.45) is 2.55. The predicted molar refractivity (Wildman–Crippen MR) is 114 cm³/mol. The second-order valence-corrected chi connectivity index (χ2v) is 9.44. The molecule has 0 aliphatic carbocycles. The fraction of sp³-hybridized carbons (Fsp3) is 0.500. The third kappa shape index (κ3) is 3.49. The summed E-state index contributed by atoms with van der Waals surface area (Å²) >= 11 is 6.44. The minimum Gasteiger partial charge on any atom is -0.374 e. The number of halogens is 3. The molecule has 2 atom stereocenters. The van der Waals surface area contributed by atoms with Crippen molar-refractivity contribution >= 4 is 34.7 Å². The lowest BCUT2D eigenvalue weighted by atomic mass is 10.1. The normalized spacial score (nSPS) is 20.7. The first-order chi connectivity index (χ1) is 15.1. The van der Waals surface area contributed by atoms with Gasteiger partial charge >= 0.3 is 0 Å². The average Bonchev–Trinajstić information content (AvgIpc) is 3.49. The monoisotopic (exact) mass is 465 g/mol. The Bertz CT molecular complexity index is 1200. The van der Waals surface area contributed by atoms with Gasteiger partial charge in [-0.3, -0.25) is 9.48 Å². The number of nitrogens with zero attached hydrogens (tertiary/aromatic N) is 6. The van der Waals surface area contributed by atoms with Crippen molar-refractivity contribution < 1.29 is 18.3 Å². The molecule has 0 unspecified atom stereocenters. The molecule has 12 heteroatoms. The van der Waals surface area contributed by atoms with Crippen LogP contribution in [0.15, 0.2) is 18.6 Å². The number of hydrogen-bond acceptors (Lipinski definition) is 6. The maximum absolute atomic E-state index is 13.5. The van der Waals surface area contributed by atoms with Crippen LogP contribution in [0.2, 0.25) is 5.02 Å². The van der Waals surface area contributed by atoms with Crippen LogP contribution >= 0.6 is 11.6 Å². The van der Waals surface area contributed by atoms with Crippen LogP contribution in [0.5, 0.6) is 0 Å². The molecule has 0 aromatic carbocycles. The zero-order valence-corrected chi connectivity index (χ0v) is 18.5. The molecule has 170 valence electrons. The number of carbonyl (C=O) groups is 1. The Morgan fingerprint density at radius 3 is 2.75 bits per heavy atom. The van der Waals surface area contributed by atoms with Crippen LogP contribution in [0.25, 0.3) is 5.65 Å². The third-order valence-corrected chi connectivity index (χ3v) is 6.00. The summed E-state index contributed by atoms with van der Waals surface area (Å²) in [5, 5.41) is 11.1. The van der Waals surface area contributed by atoms with E-state index in [0.29, 0.717) is 24.0 Å². The molecule has 2 aliphatic heterocycles. The Morgan fingerprint density at radius 1 is 1.34 bits per heavy atom. The molecule has 2 aliphatic rings. The molecule has 9 nitrogen and oxygen atoms in total. The Labute approximate surface area is 187 Å². The minimum absolute atomic E-state index is 0.0533. The molecule has 0 spiro atoms. The van der Waals surface area contributed by atoms with Gasteiger partial charge in [-0.2, -0.15) is 10.2 Å². The van der Waals surface area contributed by atoms with Crippen molar-refractivity contribution in [1.29, 1.82) is 0 Å². The number of ether oxygens (including phenoxy) is 1. The first-order valence-corrected chi connectivity index (χ1v) is 10.6. The van der Waals surface area contributed by atoms with Crippen molar-refractivity contribution in [2.45, 2.75) is 51.3 Å². The number of hydrogen-bond donors (Lipinski definition) is 1. The van der Waals surface area contributed by atoms with Gasteiger partial charge in [0.05, 0.1) is 42.4 Å². The fourth-order valence-corrected chi connectivity index (χ4v) is 4.32. The molecule has 3 aromatic rings. The van der Waals surface area contributed by atoms with Crippen molar-refractivity contribution in [1.82, 2.24) is 24.4 Å². The van der Waals surface area contributed by atoms with Gasteiger partial charge in [0.25, 0.3) is 12.3 Å². The molecule has 0 saturated carbocycles. The fourth-order valence-electron chi connectivity index (χ4n) is 4.08. The van der Waals surface area contributed by atoms with Crippen LogP contribution in [0, 0.1) is 0 Å².